The topological polar surface area (TPSA) is 59.0 Å². The van der Waals surface area contributed by atoms with Crippen molar-refractivity contribution in [2.24, 2.45) is 0 Å². The van der Waals surface area contributed by atoms with Gasteiger partial charge in [-0.1, -0.05) is 48.5 Å². The van der Waals surface area contributed by atoms with Gasteiger partial charge in [-0.2, -0.15) is 5.06 Å². The lowest BCUT2D eigenvalue weighted by atomic mass is 9.98. The van der Waals surface area contributed by atoms with Crippen LogP contribution in [0, 0.1) is 0 Å². The average Bonchev–Trinajstić information content (AvgIpc) is 2.94. The van der Waals surface area contributed by atoms with Crippen molar-refractivity contribution in [3.05, 3.63) is 59.7 Å². The highest BCUT2D eigenvalue weighted by atomic mass is 16.7. The summed E-state index contributed by atoms with van der Waals surface area (Å²) < 4.78 is 5.47. The summed E-state index contributed by atoms with van der Waals surface area (Å²) in [4.78, 5) is 17.3. The quantitative estimate of drug-likeness (QED) is 0.828. The van der Waals surface area contributed by atoms with Crippen LogP contribution < -0.4 is 0 Å². The summed E-state index contributed by atoms with van der Waals surface area (Å²) >= 11 is 0. The van der Waals surface area contributed by atoms with Crippen LogP contribution in [0.3, 0.4) is 0 Å². The number of hydroxylamine groups is 2. The second-order valence-electron chi connectivity index (χ2n) is 5.56. The molecule has 0 atom stereocenters. The molecule has 0 bridgehead atoms. The number of hydrogen-bond donors (Lipinski definition) is 1. The average molecular weight is 327 g/mol. The molecule has 2 aromatic rings. The number of aliphatic hydroxyl groups is 1. The summed E-state index contributed by atoms with van der Waals surface area (Å²) in [6, 6.07) is 16.4. The van der Waals surface area contributed by atoms with E-state index in [0.717, 1.165) is 5.06 Å². The Labute approximate surface area is 141 Å². The van der Waals surface area contributed by atoms with Crippen LogP contribution in [0.5, 0.6) is 0 Å². The van der Waals surface area contributed by atoms with E-state index in [0.29, 0.717) is 6.54 Å². The van der Waals surface area contributed by atoms with Crippen LogP contribution in [0.4, 0.5) is 4.79 Å². The fourth-order valence-electron chi connectivity index (χ4n) is 3.09. The number of carbonyl (C=O) groups is 1. The first-order valence-corrected chi connectivity index (χ1v) is 8.12. The van der Waals surface area contributed by atoms with Crippen LogP contribution in [0.1, 0.15) is 24.0 Å². The van der Waals surface area contributed by atoms with E-state index in [9.17, 15) is 4.79 Å². The minimum atomic E-state index is -0.534. The Morgan fingerprint density at radius 2 is 1.67 bits per heavy atom. The highest BCUT2D eigenvalue weighted by Crippen LogP contribution is 2.44. The number of benzene rings is 2. The lowest BCUT2D eigenvalue weighted by molar-refractivity contribution is -0.141. The maximum atomic E-state index is 12.2. The largest absolute Gasteiger partial charge is 0.447 e. The smallest absolute Gasteiger partial charge is 0.433 e. The van der Waals surface area contributed by atoms with Crippen LogP contribution in [0.2, 0.25) is 0 Å². The molecule has 0 radical (unpaired) electrons. The van der Waals surface area contributed by atoms with Crippen molar-refractivity contribution in [3.8, 4) is 11.1 Å². The van der Waals surface area contributed by atoms with Crippen molar-refractivity contribution in [3.63, 3.8) is 0 Å². The second kappa shape index (κ2) is 7.47. The molecule has 0 unspecified atom stereocenters. The highest BCUT2D eigenvalue weighted by Gasteiger charge is 2.29. The molecule has 0 heterocycles. The Morgan fingerprint density at radius 1 is 1.08 bits per heavy atom. The Hall–Kier alpha value is -2.37. The molecule has 5 heteroatoms. The number of fused-ring (bicyclic) bond motifs is 3. The predicted octanol–water partition coefficient (Wildman–Crippen LogP) is 3.18. The number of carbonyl (C=O) groups excluding carboxylic acids is 1. The van der Waals surface area contributed by atoms with Gasteiger partial charge in [0.05, 0.1) is 13.2 Å². The maximum Gasteiger partial charge on any atom is 0.433 e. The number of hydrogen-bond acceptors (Lipinski definition) is 4. The van der Waals surface area contributed by atoms with Crippen LogP contribution in [-0.4, -0.2) is 42.6 Å². The third-order valence-electron chi connectivity index (χ3n) is 4.17. The number of rotatable bonds is 6. The fraction of sp³-hybridized carbons (Fsp3) is 0.316. The minimum absolute atomic E-state index is 0.0258. The van der Waals surface area contributed by atoms with Crippen molar-refractivity contribution in [2.75, 3.05) is 26.4 Å². The Bertz CT molecular complexity index is 671. The van der Waals surface area contributed by atoms with Gasteiger partial charge >= 0.3 is 6.09 Å². The van der Waals surface area contributed by atoms with Gasteiger partial charge < -0.3 is 9.84 Å². The van der Waals surface area contributed by atoms with E-state index in [2.05, 4.69) is 24.3 Å². The summed E-state index contributed by atoms with van der Waals surface area (Å²) in [7, 11) is 0. The van der Waals surface area contributed by atoms with Crippen LogP contribution >= 0.6 is 0 Å². The van der Waals surface area contributed by atoms with E-state index in [-0.39, 0.29) is 25.7 Å². The van der Waals surface area contributed by atoms with Crippen molar-refractivity contribution in [1.29, 1.82) is 0 Å². The molecule has 0 aliphatic heterocycles. The molecule has 1 aliphatic carbocycles. The standard InChI is InChI=1S/C19H21NO4/c1-2-20(24-12-11-21)19(22)23-13-18-16-9-5-3-7-14(16)15-8-4-6-10-17(15)18/h3-10,18,21H,2,11-13H2,1H3. The van der Waals surface area contributed by atoms with Crippen molar-refractivity contribution in [2.45, 2.75) is 12.8 Å². The number of amides is 1. The van der Waals surface area contributed by atoms with Crippen molar-refractivity contribution >= 4 is 6.09 Å². The van der Waals surface area contributed by atoms with Gasteiger partial charge in [-0.15, -0.1) is 0 Å². The zero-order valence-corrected chi connectivity index (χ0v) is 13.6. The molecule has 5 nitrogen and oxygen atoms in total. The molecule has 1 N–H and O–H groups in total. The van der Waals surface area contributed by atoms with Gasteiger partial charge in [0.2, 0.25) is 0 Å². The molecule has 2 aromatic carbocycles. The van der Waals surface area contributed by atoms with Gasteiger partial charge in [-0.05, 0) is 29.2 Å². The van der Waals surface area contributed by atoms with Gasteiger partial charge in [0, 0.05) is 12.5 Å². The Morgan fingerprint density at radius 3 is 2.21 bits per heavy atom. The minimum Gasteiger partial charge on any atom is -0.447 e. The predicted molar refractivity (Wildman–Crippen MR) is 90.5 cm³/mol. The molecule has 0 saturated heterocycles. The molecule has 24 heavy (non-hydrogen) atoms. The molecule has 126 valence electrons. The summed E-state index contributed by atoms with van der Waals surface area (Å²) in [5.74, 6) is 0.0258. The summed E-state index contributed by atoms with van der Waals surface area (Å²) in [6.07, 6.45) is -0.534. The van der Waals surface area contributed by atoms with Gasteiger partial charge in [0.15, 0.2) is 0 Å². The second-order valence-corrected chi connectivity index (χ2v) is 5.56. The number of ether oxygens (including phenoxy) is 1. The molecule has 3 rings (SSSR count). The third kappa shape index (κ3) is 3.13. The highest BCUT2D eigenvalue weighted by molar-refractivity contribution is 5.79. The summed E-state index contributed by atoms with van der Waals surface area (Å²) in [5.41, 5.74) is 4.73. The zero-order chi connectivity index (χ0) is 16.9. The maximum absolute atomic E-state index is 12.2. The summed E-state index contributed by atoms with van der Waals surface area (Å²) in [5, 5.41) is 9.94. The molecule has 0 fully saturated rings. The van der Waals surface area contributed by atoms with E-state index in [1.54, 1.807) is 6.92 Å². The number of nitrogens with zero attached hydrogens (tertiary/aromatic N) is 1. The third-order valence-corrected chi connectivity index (χ3v) is 4.17. The lowest BCUT2D eigenvalue weighted by Crippen LogP contribution is -2.33. The van der Waals surface area contributed by atoms with E-state index < -0.39 is 6.09 Å². The van der Waals surface area contributed by atoms with E-state index in [1.165, 1.54) is 22.3 Å². The van der Waals surface area contributed by atoms with Crippen molar-refractivity contribution < 1.29 is 19.5 Å². The zero-order valence-electron chi connectivity index (χ0n) is 13.6. The first kappa shape index (κ1) is 16.5. The van der Waals surface area contributed by atoms with Crippen molar-refractivity contribution in [1.82, 2.24) is 5.06 Å². The van der Waals surface area contributed by atoms with Crippen LogP contribution in [0.15, 0.2) is 48.5 Å². The molecule has 1 aliphatic rings. The molecule has 0 aromatic heterocycles. The molecule has 1 amide bonds. The van der Waals surface area contributed by atoms with Gasteiger partial charge in [-0.3, -0.25) is 4.84 Å². The Balaban J connectivity index is 1.75. The number of aliphatic hydroxyl groups excluding tert-OH is 1. The van der Waals surface area contributed by atoms with Crippen LogP contribution in [-0.2, 0) is 9.57 Å². The van der Waals surface area contributed by atoms with E-state index in [1.807, 2.05) is 24.3 Å². The molecular formula is C19H21NO4. The van der Waals surface area contributed by atoms with E-state index in [4.69, 9.17) is 14.7 Å². The monoisotopic (exact) mass is 327 g/mol. The normalized spacial score (nSPS) is 12.6. The lowest BCUT2D eigenvalue weighted by Gasteiger charge is -2.21. The molecular weight excluding hydrogens is 306 g/mol. The first-order valence-electron chi connectivity index (χ1n) is 8.12. The SMILES string of the molecule is CCN(OCCO)C(=O)OCC1c2ccccc2-c2ccccc21. The summed E-state index contributed by atoms with van der Waals surface area (Å²) in [6.45, 7) is 2.33. The van der Waals surface area contributed by atoms with Gasteiger partial charge in [-0.25, -0.2) is 4.79 Å². The molecule has 0 spiro atoms. The van der Waals surface area contributed by atoms with Gasteiger partial charge in [0.1, 0.15) is 6.61 Å². The Kier molecular flexibility index (Phi) is 5.13. The fourth-order valence-corrected chi connectivity index (χ4v) is 3.09. The van der Waals surface area contributed by atoms with Gasteiger partial charge in [0.25, 0.3) is 0 Å². The molecule has 0 saturated carbocycles. The van der Waals surface area contributed by atoms with Crippen LogP contribution in [0.25, 0.3) is 11.1 Å². The first-order chi connectivity index (χ1) is 11.8. The van der Waals surface area contributed by atoms with E-state index >= 15 is 0 Å².